The van der Waals surface area contributed by atoms with Crippen molar-refractivity contribution >= 4 is 28.1 Å². The van der Waals surface area contributed by atoms with Crippen LogP contribution in [0.3, 0.4) is 0 Å². The molecule has 1 fully saturated rings. The summed E-state index contributed by atoms with van der Waals surface area (Å²) >= 11 is 7.62. The molecule has 1 aliphatic rings. The first-order valence-electron chi connectivity index (χ1n) is 8.09. The highest BCUT2D eigenvalue weighted by Crippen LogP contribution is 2.29. The standard InChI is InChI=1S/C17H18ClN5S/c18-14-6-4-13(5-7-14)11-16-20-21-17(24-16)22-9-1-3-15(12-22)23-10-2-8-19-23/h2,4-8,10,15H,1,3,9,11-12H2. The summed E-state index contributed by atoms with van der Waals surface area (Å²) < 4.78 is 2.06. The molecule has 1 unspecified atom stereocenters. The average Bonchev–Trinajstić information content (AvgIpc) is 3.29. The molecule has 3 heterocycles. The maximum absolute atomic E-state index is 5.94. The van der Waals surface area contributed by atoms with Crippen LogP contribution in [0.1, 0.15) is 29.5 Å². The van der Waals surface area contributed by atoms with Crippen molar-refractivity contribution < 1.29 is 0 Å². The van der Waals surface area contributed by atoms with Crippen molar-refractivity contribution in [2.24, 2.45) is 0 Å². The number of rotatable bonds is 4. The third-order valence-corrected chi connectivity index (χ3v) is 5.53. The summed E-state index contributed by atoms with van der Waals surface area (Å²) in [6, 6.07) is 10.3. The molecular weight excluding hydrogens is 342 g/mol. The van der Waals surface area contributed by atoms with Gasteiger partial charge in [-0.25, -0.2) is 0 Å². The quantitative estimate of drug-likeness (QED) is 0.710. The van der Waals surface area contributed by atoms with Gasteiger partial charge in [-0.3, -0.25) is 4.68 Å². The van der Waals surface area contributed by atoms with Gasteiger partial charge in [0, 0.05) is 36.9 Å². The van der Waals surface area contributed by atoms with E-state index in [2.05, 4.69) is 24.9 Å². The van der Waals surface area contributed by atoms with Crippen LogP contribution in [0, 0.1) is 0 Å². The van der Waals surface area contributed by atoms with Crippen LogP contribution in [0.5, 0.6) is 0 Å². The van der Waals surface area contributed by atoms with Crippen molar-refractivity contribution in [2.75, 3.05) is 18.0 Å². The Morgan fingerprint density at radius 3 is 2.88 bits per heavy atom. The van der Waals surface area contributed by atoms with Crippen LogP contribution in [0.15, 0.2) is 42.7 Å². The predicted molar refractivity (Wildman–Crippen MR) is 96.9 cm³/mol. The molecule has 5 nitrogen and oxygen atoms in total. The van der Waals surface area contributed by atoms with Gasteiger partial charge in [-0.2, -0.15) is 5.10 Å². The van der Waals surface area contributed by atoms with Crippen molar-refractivity contribution in [3.05, 3.63) is 58.3 Å². The molecule has 124 valence electrons. The molecule has 1 aliphatic heterocycles. The fourth-order valence-electron chi connectivity index (χ4n) is 3.06. The van der Waals surface area contributed by atoms with Crippen LogP contribution in [0.4, 0.5) is 5.13 Å². The molecular formula is C17H18ClN5S. The maximum Gasteiger partial charge on any atom is 0.208 e. The van der Waals surface area contributed by atoms with Gasteiger partial charge in [-0.15, -0.1) is 10.2 Å². The number of anilines is 1. The molecule has 24 heavy (non-hydrogen) atoms. The normalized spacial score (nSPS) is 18.0. The van der Waals surface area contributed by atoms with Crippen LogP contribution in [0.2, 0.25) is 5.02 Å². The van der Waals surface area contributed by atoms with E-state index in [1.807, 2.05) is 42.7 Å². The van der Waals surface area contributed by atoms with E-state index in [1.165, 1.54) is 5.56 Å². The number of hydrogen-bond donors (Lipinski definition) is 0. The number of piperidine rings is 1. The maximum atomic E-state index is 5.94. The molecule has 0 saturated carbocycles. The van der Waals surface area contributed by atoms with E-state index in [0.717, 1.165) is 47.5 Å². The van der Waals surface area contributed by atoms with E-state index in [1.54, 1.807) is 11.3 Å². The lowest BCUT2D eigenvalue weighted by Crippen LogP contribution is -2.36. The summed E-state index contributed by atoms with van der Waals surface area (Å²) in [5.74, 6) is 0. The second-order valence-corrected chi connectivity index (χ2v) is 7.49. The van der Waals surface area contributed by atoms with Crippen LogP contribution in [0.25, 0.3) is 0 Å². The molecule has 3 aromatic rings. The predicted octanol–water partition coefficient (Wildman–Crippen LogP) is 3.82. The van der Waals surface area contributed by atoms with Gasteiger partial charge in [0.1, 0.15) is 5.01 Å². The number of benzene rings is 1. The molecule has 1 atom stereocenters. The Bertz CT molecular complexity index is 784. The summed E-state index contributed by atoms with van der Waals surface area (Å²) in [4.78, 5) is 2.33. The second-order valence-electron chi connectivity index (χ2n) is 6.01. The number of halogens is 1. The minimum absolute atomic E-state index is 0.414. The van der Waals surface area contributed by atoms with Crippen molar-refractivity contribution in [3.63, 3.8) is 0 Å². The van der Waals surface area contributed by atoms with Gasteiger partial charge in [-0.05, 0) is 36.6 Å². The largest absolute Gasteiger partial charge is 0.345 e. The zero-order valence-electron chi connectivity index (χ0n) is 13.2. The molecule has 7 heteroatoms. The lowest BCUT2D eigenvalue weighted by molar-refractivity contribution is 0.375. The van der Waals surface area contributed by atoms with Gasteiger partial charge in [0.25, 0.3) is 0 Å². The lowest BCUT2D eigenvalue weighted by atomic mass is 10.1. The summed E-state index contributed by atoms with van der Waals surface area (Å²) in [7, 11) is 0. The SMILES string of the molecule is Clc1ccc(Cc2nnc(N3CCCC(n4cccn4)C3)s2)cc1. The third-order valence-electron chi connectivity index (χ3n) is 4.29. The fraction of sp³-hybridized carbons (Fsp3) is 0.353. The Morgan fingerprint density at radius 2 is 2.08 bits per heavy atom. The van der Waals surface area contributed by atoms with Crippen LogP contribution in [-0.2, 0) is 6.42 Å². The Balaban J connectivity index is 1.45. The smallest absolute Gasteiger partial charge is 0.208 e. The number of aromatic nitrogens is 4. The highest BCUT2D eigenvalue weighted by Gasteiger charge is 2.24. The Labute approximate surface area is 149 Å². The van der Waals surface area contributed by atoms with Gasteiger partial charge < -0.3 is 4.90 Å². The molecule has 2 aromatic heterocycles. The van der Waals surface area contributed by atoms with E-state index >= 15 is 0 Å². The van der Waals surface area contributed by atoms with E-state index in [-0.39, 0.29) is 0 Å². The summed E-state index contributed by atoms with van der Waals surface area (Å²) in [6.45, 7) is 1.98. The Hall–Kier alpha value is -1.92. The van der Waals surface area contributed by atoms with Crippen molar-refractivity contribution in [1.82, 2.24) is 20.0 Å². The molecule has 0 spiro atoms. The van der Waals surface area contributed by atoms with Gasteiger partial charge in [0.15, 0.2) is 0 Å². The summed E-state index contributed by atoms with van der Waals surface area (Å²) in [6.07, 6.45) is 6.99. The molecule has 0 N–H and O–H groups in total. The van der Waals surface area contributed by atoms with Gasteiger partial charge >= 0.3 is 0 Å². The van der Waals surface area contributed by atoms with Crippen molar-refractivity contribution in [1.29, 1.82) is 0 Å². The first-order chi connectivity index (χ1) is 11.8. The third kappa shape index (κ3) is 3.44. The topological polar surface area (TPSA) is 46.8 Å². The first kappa shape index (κ1) is 15.6. The molecule has 4 rings (SSSR count). The Kier molecular flexibility index (Phi) is 4.49. The van der Waals surface area contributed by atoms with E-state index in [4.69, 9.17) is 11.6 Å². The highest BCUT2D eigenvalue weighted by molar-refractivity contribution is 7.15. The minimum Gasteiger partial charge on any atom is -0.345 e. The van der Waals surface area contributed by atoms with Crippen LogP contribution < -0.4 is 4.90 Å². The Morgan fingerprint density at radius 1 is 1.21 bits per heavy atom. The van der Waals surface area contributed by atoms with E-state index < -0.39 is 0 Å². The molecule has 1 aromatic carbocycles. The monoisotopic (exact) mass is 359 g/mol. The number of hydrogen-bond acceptors (Lipinski definition) is 5. The van der Waals surface area contributed by atoms with Crippen molar-refractivity contribution in [2.45, 2.75) is 25.3 Å². The van der Waals surface area contributed by atoms with Crippen LogP contribution in [-0.4, -0.2) is 33.1 Å². The minimum atomic E-state index is 0.414. The fourth-order valence-corrected chi connectivity index (χ4v) is 4.10. The zero-order valence-corrected chi connectivity index (χ0v) is 14.7. The highest BCUT2D eigenvalue weighted by atomic mass is 35.5. The zero-order chi connectivity index (χ0) is 16.4. The first-order valence-corrected chi connectivity index (χ1v) is 9.28. The average molecular weight is 360 g/mol. The molecule has 0 radical (unpaired) electrons. The van der Waals surface area contributed by atoms with Crippen molar-refractivity contribution in [3.8, 4) is 0 Å². The van der Waals surface area contributed by atoms with Gasteiger partial charge in [-0.1, -0.05) is 35.1 Å². The molecule has 0 bridgehead atoms. The van der Waals surface area contributed by atoms with Gasteiger partial charge in [0.2, 0.25) is 5.13 Å². The lowest BCUT2D eigenvalue weighted by Gasteiger charge is -2.32. The molecule has 0 amide bonds. The van der Waals surface area contributed by atoms with Gasteiger partial charge in [0.05, 0.1) is 6.04 Å². The van der Waals surface area contributed by atoms with E-state index in [0.29, 0.717) is 6.04 Å². The second kappa shape index (κ2) is 6.91. The molecule has 1 saturated heterocycles. The van der Waals surface area contributed by atoms with Crippen LogP contribution >= 0.6 is 22.9 Å². The summed E-state index contributed by atoms with van der Waals surface area (Å²) in [5, 5.41) is 16.0. The molecule has 0 aliphatic carbocycles. The van der Waals surface area contributed by atoms with E-state index in [9.17, 15) is 0 Å². The summed E-state index contributed by atoms with van der Waals surface area (Å²) in [5.41, 5.74) is 1.20. The number of nitrogens with zero attached hydrogens (tertiary/aromatic N) is 5.